The van der Waals surface area contributed by atoms with E-state index in [9.17, 15) is 0 Å². The minimum absolute atomic E-state index is 0.368. The second kappa shape index (κ2) is 5.71. The Labute approximate surface area is 106 Å². The van der Waals surface area contributed by atoms with Crippen molar-refractivity contribution < 1.29 is 4.74 Å². The molecule has 0 aromatic heterocycles. The molecule has 0 spiro atoms. The van der Waals surface area contributed by atoms with Gasteiger partial charge in [-0.25, -0.2) is 0 Å². The van der Waals surface area contributed by atoms with E-state index in [1.807, 2.05) is 0 Å². The quantitative estimate of drug-likeness (QED) is 0.816. The Morgan fingerprint density at radius 1 is 1.24 bits per heavy atom. The van der Waals surface area contributed by atoms with Crippen molar-refractivity contribution in [1.29, 1.82) is 0 Å². The molecule has 1 saturated carbocycles. The smallest absolute Gasteiger partial charge is 0.0509 e. The van der Waals surface area contributed by atoms with Crippen LogP contribution >= 0.6 is 0 Å². The molecule has 17 heavy (non-hydrogen) atoms. The first-order valence-electron chi connectivity index (χ1n) is 7.47. The zero-order valence-electron chi connectivity index (χ0n) is 11.6. The summed E-state index contributed by atoms with van der Waals surface area (Å²) in [4.78, 5) is 0. The third kappa shape index (κ3) is 3.03. The summed E-state index contributed by atoms with van der Waals surface area (Å²) < 4.78 is 5.63. The van der Waals surface area contributed by atoms with Gasteiger partial charge < -0.3 is 10.5 Å². The lowest BCUT2D eigenvalue weighted by atomic mass is 9.68. The van der Waals surface area contributed by atoms with Crippen molar-refractivity contribution in [1.82, 2.24) is 0 Å². The Morgan fingerprint density at radius 3 is 2.47 bits per heavy atom. The van der Waals surface area contributed by atoms with Crippen molar-refractivity contribution in [2.24, 2.45) is 23.0 Å². The molecule has 0 bridgehead atoms. The first-order valence-corrected chi connectivity index (χ1v) is 7.47. The molecule has 2 N–H and O–H groups in total. The summed E-state index contributed by atoms with van der Waals surface area (Å²) in [5, 5.41) is 0. The van der Waals surface area contributed by atoms with E-state index in [0.717, 1.165) is 19.1 Å². The minimum Gasteiger partial charge on any atom is -0.381 e. The molecule has 1 aliphatic heterocycles. The lowest BCUT2D eigenvalue weighted by molar-refractivity contribution is 0.0135. The summed E-state index contributed by atoms with van der Waals surface area (Å²) in [6.45, 7) is 6.52. The van der Waals surface area contributed by atoms with Crippen molar-refractivity contribution in [3.8, 4) is 0 Å². The van der Waals surface area contributed by atoms with Gasteiger partial charge in [-0.1, -0.05) is 26.7 Å². The predicted octanol–water partition coefficient (Wildman–Crippen LogP) is 3.35. The number of ether oxygens (including phenoxy) is 1. The van der Waals surface area contributed by atoms with Crippen LogP contribution in [0, 0.1) is 17.3 Å². The average Bonchev–Trinajstić information content (AvgIpc) is 2.78. The SMILES string of the molecule is CC(C)CC1(C(N)C2CCCOC2)CCCC1. The fourth-order valence-corrected chi connectivity index (χ4v) is 4.11. The molecule has 2 nitrogen and oxygen atoms in total. The van der Waals surface area contributed by atoms with E-state index in [2.05, 4.69) is 13.8 Å². The topological polar surface area (TPSA) is 35.2 Å². The van der Waals surface area contributed by atoms with Crippen LogP contribution in [0.1, 0.15) is 58.8 Å². The second-order valence-electron chi connectivity index (χ2n) is 6.67. The van der Waals surface area contributed by atoms with Crippen LogP contribution in [0.25, 0.3) is 0 Å². The number of rotatable bonds is 4. The highest BCUT2D eigenvalue weighted by molar-refractivity contribution is 4.97. The van der Waals surface area contributed by atoms with Crippen LogP contribution in [-0.2, 0) is 4.74 Å². The Kier molecular flexibility index (Phi) is 4.48. The molecule has 2 fully saturated rings. The van der Waals surface area contributed by atoms with Gasteiger partial charge >= 0.3 is 0 Å². The molecule has 2 aliphatic rings. The first kappa shape index (κ1) is 13.4. The molecule has 0 aromatic rings. The molecule has 1 saturated heterocycles. The molecule has 0 radical (unpaired) electrons. The van der Waals surface area contributed by atoms with Crippen molar-refractivity contribution in [3.63, 3.8) is 0 Å². The number of hydrogen-bond donors (Lipinski definition) is 1. The van der Waals surface area contributed by atoms with E-state index in [0.29, 0.717) is 17.4 Å². The molecule has 1 heterocycles. The van der Waals surface area contributed by atoms with Crippen LogP contribution in [-0.4, -0.2) is 19.3 Å². The Bertz CT molecular complexity index is 227. The van der Waals surface area contributed by atoms with Gasteiger partial charge in [-0.3, -0.25) is 0 Å². The van der Waals surface area contributed by atoms with Crippen LogP contribution < -0.4 is 5.73 Å². The van der Waals surface area contributed by atoms with Gasteiger partial charge in [0, 0.05) is 12.6 Å². The molecule has 2 heteroatoms. The largest absolute Gasteiger partial charge is 0.381 e. The summed E-state index contributed by atoms with van der Waals surface area (Å²) in [6.07, 6.45) is 9.26. The zero-order chi connectivity index (χ0) is 12.3. The van der Waals surface area contributed by atoms with Crippen LogP contribution in [0.3, 0.4) is 0 Å². The van der Waals surface area contributed by atoms with Crippen molar-refractivity contribution in [3.05, 3.63) is 0 Å². The maximum absolute atomic E-state index is 6.66. The molecule has 2 atom stereocenters. The third-order valence-corrected chi connectivity index (χ3v) is 4.82. The standard InChI is InChI=1S/C15H29NO/c1-12(2)10-15(7-3-4-8-15)14(16)13-6-5-9-17-11-13/h12-14H,3-11,16H2,1-2H3. The lowest BCUT2D eigenvalue weighted by Crippen LogP contribution is -2.48. The van der Waals surface area contributed by atoms with Crippen LogP contribution in [0.15, 0.2) is 0 Å². The van der Waals surface area contributed by atoms with Gasteiger partial charge in [-0.05, 0) is 49.4 Å². The van der Waals surface area contributed by atoms with Crippen LogP contribution in [0.5, 0.6) is 0 Å². The monoisotopic (exact) mass is 239 g/mol. The minimum atomic E-state index is 0.368. The average molecular weight is 239 g/mol. The third-order valence-electron chi connectivity index (χ3n) is 4.82. The van der Waals surface area contributed by atoms with E-state index < -0.39 is 0 Å². The summed E-state index contributed by atoms with van der Waals surface area (Å²) in [5.41, 5.74) is 7.09. The van der Waals surface area contributed by atoms with Crippen LogP contribution in [0.4, 0.5) is 0 Å². The molecule has 100 valence electrons. The Balaban J connectivity index is 2.03. The van der Waals surface area contributed by atoms with E-state index >= 15 is 0 Å². The fourth-order valence-electron chi connectivity index (χ4n) is 4.11. The molecule has 2 rings (SSSR count). The molecule has 2 unspecified atom stereocenters. The van der Waals surface area contributed by atoms with Gasteiger partial charge in [-0.2, -0.15) is 0 Å². The lowest BCUT2D eigenvalue weighted by Gasteiger charge is -2.42. The summed E-state index contributed by atoms with van der Waals surface area (Å²) in [5.74, 6) is 1.38. The first-order chi connectivity index (χ1) is 8.14. The van der Waals surface area contributed by atoms with Gasteiger partial charge in [0.15, 0.2) is 0 Å². The Hall–Kier alpha value is -0.0800. The summed E-state index contributed by atoms with van der Waals surface area (Å²) >= 11 is 0. The van der Waals surface area contributed by atoms with E-state index in [1.165, 1.54) is 44.9 Å². The highest BCUT2D eigenvalue weighted by Gasteiger charge is 2.43. The molecule has 0 amide bonds. The molecular formula is C15H29NO. The summed E-state index contributed by atoms with van der Waals surface area (Å²) in [6, 6.07) is 0.368. The van der Waals surface area contributed by atoms with E-state index in [1.54, 1.807) is 0 Å². The fraction of sp³-hybridized carbons (Fsp3) is 1.00. The molecule has 0 aromatic carbocycles. The van der Waals surface area contributed by atoms with Crippen molar-refractivity contribution in [2.45, 2.75) is 64.8 Å². The number of hydrogen-bond acceptors (Lipinski definition) is 2. The highest BCUT2D eigenvalue weighted by Crippen LogP contribution is 2.47. The van der Waals surface area contributed by atoms with Gasteiger partial charge in [0.2, 0.25) is 0 Å². The van der Waals surface area contributed by atoms with Gasteiger partial charge in [0.25, 0.3) is 0 Å². The van der Waals surface area contributed by atoms with Gasteiger partial charge in [0.05, 0.1) is 6.61 Å². The van der Waals surface area contributed by atoms with E-state index in [-0.39, 0.29) is 0 Å². The maximum atomic E-state index is 6.66. The molecular weight excluding hydrogens is 210 g/mol. The van der Waals surface area contributed by atoms with E-state index in [4.69, 9.17) is 10.5 Å². The zero-order valence-corrected chi connectivity index (χ0v) is 11.6. The normalized spacial score (nSPS) is 30.7. The summed E-state index contributed by atoms with van der Waals surface area (Å²) in [7, 11) is 0. The number of nitrogens with two attached hydrogens (primary N) is 1. The van der Waals surface area contributed by atoms with Gasteiger partial charge in [0.1, 0.15) is 0 Å². The van der Waals surface area contributed by atoms with Crippen molar-refractivity contribution in [2.75, 3.05) is 13.2 Å². The predicted molar refractivity (Wildman–Crippen MR) is 71.9 cm³/mol. The van der Waals surface area contributed by atoms with Crippen molar-refractivity contribution >= 4 is 0 Å². The molecule has 1 aliphatic carbocycles. The van der Waals surface area contributed by atoms with Gasteiger partial charge in [-0.15, -0.1) is 0 Å². The highest BCUT2D eigenvalue weighted by atomic mass is 16.5. The second-order valence-corrected chi connectivity index (χ2v) is 6.67. The maximum Gasteiger partial charge on any atom is 0.0509 e. The Morgan fingerprint density at radius 2 is 1.94 bits per heavy atom. The van der Waals surface area contributed by atoms with Crippen LogP contribution in [0.2, 0.25) is 0 Å².